The normalized spacial score (nSPS) is 12.2. The van der Waals surface area contributed by atoms with Crippen LogP contribution < -0.4 is 4.74 Å². The molecule has 0 aromatic heterocycles. The van der Waals surface area contributed by atoms with Crippen LogP contribution in [0, 0.1) is 0 Å². The molecule has 124 valence electrons. The topological polar surface area (TPSA) is 35.5 Å². The summed E-state index contributed by atoms with van der Waals surface area (Å²) in [6.45, 7) is 17.4. The van der Waals surface area contributed by atoms with Crippen molar-refractivity contribution >= 4 is 5.97 Å². The lowest BCUT2D eigenvalue weighted by atomic mass is 9.79. The molecule has 22 heavy (non-hydrogen) atoms. The van der Waals surface area contributed by atoms with Crippen LogP contribution in [0.5, 0.6) is 5.75 Å². The van der Waals surface area contributed by atoms with E-state index in [1.54, 1.807) is 0 Å². The Morgan fingerprint density at radius 1 is 0.955 bits per heavy atom. The van der Waals surface area contributed by atoms with Crippen molar-refractivity contribution in [1.82, 2.24) is 0 Å². The van der Waals surface area contributed by atoms with E-state index in [-0.39, 0.29) is 16.8 Å². The summed E-state index contributed by atoms with van der Waals surface area (Å²) < 4.78 is 11.1. The number of carbonyl (C=O) groups excluding carboxylic acids is 1. The Bertz CT molecular complexity index is 531. The van der Waals surface area contributed by atoms with E-state index in [1.807, 2.05) is 19.9 Å². The lowest BCUT2D eigenvalue weighted by molar-refractivity contribution is 0.0521. The van der Waals surface area contributed by atoms with Crippen LogP contribution in [0.2, 0.25) is 0 Å². The van der Waals surface area contributed by atoms with Gasteiger partial charge in [0.25, 0.3) is 0 Å². The minimum absolute atomic E-state index is 0.0496. The van der Waals surface area contributed by atoms with Crippen molar-refractivity contribution in [3.05, 3.63) is 28.8 Å². The van der Waals surface area contributed by atoms with E-state index in [0.717, 1.165) is 11.1 Å². The number of hydrogen-bond donors (Lipinski definition) is 0. The Hall–Kier alpha value is -1.51. The van der Waals surface area contributed by atoms with E-state index in [2.05, 4.69) is 47.6 Å². The van der Waals surface area contributed by atoms with E-state index in [9.17, 15) is 4.79 Å². The molecule has 0 saturated carbocycles. The highest BCUT2D eigenvalue weighted by molar-refractivity contribution is 5.93. The average molecular weight is 306 g/mol. The molecule has 3 heteroatoms. The second-order valence-electron chi connectivity index (χ2n) is 7.55. The van der Waals surface area contributed by atoms with Crippen molar-refractivity contribution in [3.63, 3.8) is 0 Å². The fourth-order valence-corrected chi connectivity index (χ4v) is 2.28. The molecule has 1 aromatic rings. The Balaban J connectivity index is 3.66. The number of hydrogen-bond acceptors (Lipinski definition) is 3. The van der Waals surface area contributed by atoms with Gasteiger partial charge in [-0.25, -0.2) is 4.79 Å². The maximum absolute atomic E-state index is 12.4. The molecule has 1 rings (SSSR count). The molecule has 0 bridgehead atoms. The van der Waals surface area contributed by atoms with E-state index in [4.69, 9.17) is 9.47 Å². The second kappa shape index (κ2) is 6.72. The third-order valence-electron chi connectivity index (χ3n) is 3.55. The summed E-state index contributed by atoms with van der Waals surface area (Å²) in [6, 6.07) is 4.08. The number of rotatable bonds is 4. The highest BCUT2D eigenvalue weighted by Crippen LogP contribution is 2.38. The van der Waals surface area contributed by atoms with Gasteiger partial charge in [-0.3, -0.25) is 0 Å². The lowest BCUT2D eigenvalue weighted by Gasteiger charge is -2.28. The fraction of sp³-hybridized carbons (Fsp3) is 0.632. The molecule has 0 fully saturated rings. The monoisotopic (exact) mass is 306 g/mol. The molecule has 0 aliphatic carbocycles. The quantitative estimate of drug-likeness (QED) is 0.745. The third-order valence-corrected chi connectivity index (χ3v) is 3.55. The third kappa shape index (κ3) is 4.25. The standard InChI is InChI=1S/C19H30O3/c1-9-21-16-14(17(20)22-10-2)11-13(18(3,4)5)12-15(16)19(6,7)8/h11-12H,9-10H2,1-8H3. The summed E-state index contributed by atoms with van der Waals surface area (Å²) in [5, 5.41) is 0. The Morgan fingerprint density at radius 2 is 1.55 bits per heavy atom. The van der Waals surface area contributed by atoms with Gasteiger partial charge in [0.1, 0.15) is 11.3 Å². The minimum atomic E-state index is -0.317. The van der Waals surface area contributed by atoms with Crippen molar-refractivity contribution in [1.29, 1.82) is 0 Å². The number of carbonyl (C=O) groups is 1. The van der Waals surface area contributed by atoms with Gasteiger partial charge in [0.2, 0.25) is 0 Å². The molecule has 0 atom stereocenters. The Labute approximate surface area is 135 Å². The van der Waals surface area contributed by atoms with Gasteiger partial charge >= 0.3 is 5.97 Å². The molecule has 3 nitrogen and oxygen atoms in total. The lowest BCUT2D eigenvalue weighted by Crippen LogP contribution is -2.21. The van der Waals surface area contributed by atoms with Crippen LogP contribution >= 0.6 is 0 Å². The highest BCUT2D eigenvalue weighted by atomic mass is 16.5. The molecule has 1 aromatic carbocycles. The smallest absolute Gasteiger partial charge is 0.341 e. The van der Waals surface area contributed by atoms with Crippen LogP contribution in [-0.4, -0.2) is 19.2 Å². The molecule has 0 radical (unpaired) electrons. The zero-order valence-corrected chi connectivity index (χ0v) is 15.3. The molecule has 0 amide bonds. The molecule has 0 N–H and O–H groups in total. The van der Waals surface area contributed by atoms with Gasteiger partial charge in [0, 0.05) is 5.56 Å². The first-order valence-corrected chi connectivity index (χ1v) is 8.01. The van der Waals surface area contributed by atoms with Gasteiger partial charge in [0.05, 0.1) is 13.2 Å². The molecule has 0 unspecified atom stereocenters. The molecule has 0 heterocycles. The minimum Gasteiger partial charge on any atom is -0.493 e. The van der Waals surface area contributed by atoms with Crippen LogP contribution in [0.1, 0.15) is 76.9 Å². The van der Waals surface area contributed by atoms with Crippen molar-refractivity contribution in [2.45, 2.75) is 66.2 Å². The molecule has 0 saturated heterocycles. The first kappa shape index (κ1) is 18.5. The second-order valence-corrected chi connectivity index (χ2v) is 7.55. The number of esters is 1. The van der Waals surface area contributed by atoms with Crippen molar-refractivity contribution < 1.29 is 14.3 Å². The van der Waals surface area contributed by atoms with Gasteiger partial charge < -0.3 is 9.47 Å². The fourth-order valence-electron chi connectivity index (χ4n) is 2.28. The van der Waals surface area contributed by atoms with E-state index in [1.165, 1.54) is 0 Å². The summed E-state index contributed by atoms with van der Waals surface area (Å²) >= 11 is 0. The molecule has 0 aliphatic heterocycles. The summed E-state index contributed by atoms with van der Waals surface area (Å²) in [7, 11) is 0. The van der Waals surface area contributed by atoms with Crippen molar-refractivity contribution in [2.75, 3.05) is 13.2 Å². The summed E-state index contributed by atoms with van der Waals surface area (Å²) in [5.74, 6) is 0.337. The molecular weight excluding hydrogens is 276 g/mol. The molecule has 0 aliphatic rings. The Morgan fingerprint density at radius 3 is 1.95 bits per heavy atom. The van der Waals surface area contributed by atoms with Crippen molar-refractivity contribution in [3.8, 4) is 5.75 Å². The SMILES string of the molecule is CCOC(=O)c1cc(C(C)(C)C)cc(C(C)(C)C)c1OCC. The zero-order chi connectivity index (χ0) is 17.1. The van der Waals surface area contributed by atoms with Crippen molar-refractivity contribution in [2.24, 2.45) is 0 Å². The van der Waals surface area contributed by atoms with Crippen LogP contribution in [0.15, 0.2) is 12.1 Å². The molecular formula is C19H30O3. The van der Waals surface area contributed by atoms with Gasteiger partial charge in [0.15, 0.2) is 0 Å². The average Bonchev–Trinajstić information content (AvgIpc) is 2.36. The zero-order valence-electron chi connectivity index (χ0n) is 15.3. The van der Waals surface area contributed by atoms with Gasteiger partial charge in [-0.1, -0.05) is 47.6 Å². The Kier molecular flexibility index (Phi) is 5.66. The van der Waals surface area contributed by atoms with E-state index >= 15 is 0 Å². The maximum Gasteiger partial charge on any atom is 0.341 e. The van der Waals surface area contributed by atoms with Crippen LogP contribution in [0.3, 0.4) is 0 Å². The number of ether oxygens (including phenoxy) is 2. The predicted molar refractivity (Wildman–Crippen MR) is 91.0 cm³/mol. The first-order chi connectivity index (χ1) is 10.0. The van der Waals surface area contributed by atoms with Gasteiger partial charge in [-0.05, 0) is 36.3 Å². The van der Waals surface area contributed by atoms with Gasteiger partial charge in [-0.15, -0.1) is 0 Å². The predicted octanol–water partition coefficient (Wildman–Crippen LogP) is 4.86. The summed E-state index contributed by atoms with van der Waals surface area (Å²) in [5.41, 5.74) is 2.52. The van der Waals surface area contributed by atoms with Crippen LogP contribution in [0.25, 0.3) is 0 Å². The summed E-state index contributed by atoms with van der Waals surface area (Å²) in [6.07, 6.45) is 0. The highest BCUT2D eigenvalue weighted by Gasteiger charge is 2.28. The van der Waals surface area contributed by atoms with Crippen LogP contribution in [-0.2, 0) is 15.6 Å². The maximum atomic E-state index is 12.4. The van der Waals surface area contributed by atoms with E-state index < -0.39 is 0 Å². The summed E-state index contributed by atoms with van der Waals surface area (Å²) in [4.78, 5) is 12.4. The first-order valence-electron chi connectivity index (χ1n) is 8.01. The number of benzene rings is 1. The van der Waals surface area contributed by atoms with E-state index in [0.29, 0.717) is 24.5 Å². The van der Waals surface area contributed by atoms with Crippen LogP contribution in [0.4, 0.5) is 0 Å². The molecule has 0 spiro atoms. The van der Waals surface area contributed by atoms with Gasteiger partial charge in [-0.2, -0.15) is 0 Å². The largest absolute Gasteiger partial charge is 0.493 e.